The summed E-state index contributed by atoms with van der Waals surface area (Å²) in [6, 6.07) is 10.4. The number of para-hydroxylation sites is 1. The van der Waals surface area contributed by atoms with Crippen LogP contribution in [0.2, 0.25) is 0 Å². The van der Waals surface area contributed by atoms with Crippen molar-refractivity contribution in [2.24, 2.45) is 5.92 Å². The average Bonchev–Trinajstić information content (AvgIpc) is 2.79. The van der Waals surface area contributed by atoms with E-state index in [1.54, 1.807) is 30.5 Å². The molecule has 1 aromatic carbocycles. The summed E-state index contributed by atoms with van der Waals surface area (Å²) in [7, 11) is 0. The number of nitriles is 1. The van der Waals surface area contributed by atoms with Gasteiger partial charge in [0.15, 0.2) is 11.4 Å². The molecule has 1 fully saturated rings. The number of aromatic nitrogens is 2. The van der Waals surface area contributed by atoms with E-state index in [4.69, 9.17) is 4.98 Å². The smallest absolute Gasteiger partial charge is 0.337 e. The Balaban J connectivity index is 1.84. The number of rotatable bonds is 5. The van der Waals surface area contributed by atoms with E-state index in [1.807, 2.05) is 24.8 Å². The summed E-state index contributed by atoms with van der Waals surface area (Å²) in [5.41, 5.74) is 2.37. The molecule has 1 saturated heterocycles. The Hall–Kier alpha value is -3.86. The van der Waals surface area contributed by atoms with Crippen LogP contribution in [-0.2, 0) is 0 Å². The summed E-state index contributed by atoms with van der Waals surface area (Å²) in [5, 5.41) is 22.6. The number of aryl methyl sites for hydroxylation is 1. The Kier molecular flexibility index (Phi) is 6.05. The monoisotopic (exact) mass is 445 g/mol. The van der Waals surface area contributed by atoms with Gasteiger partial charge in [-0.15, -0.1) is 0 Å². The third kappa shape index (κ3) is 4.27. The fourth-order valence-corrected chi connectivity index (χ4v) is 4.37. The SMILES string of the molecule is Cc1cc([C@@H](C)Nc2ccccc2C(=O)O)c2nc(N3CCC(C)CC3)c(C#N)c(=O)n2c1. The number of carbonyl (C=O) groups is 1. The topological polar surface area (TPSA) is 111 Å². The molecule has 3 heterocycles. The minimum atomic E-state index is -1.02. The highest BCUT2D eigenvalue weighted by atomic mass is 16.4. The van der Waals surface area contributed by atoms with Crippen molar-refractivity contribution in [3.05, 3.63) is 69.1 Å². The van der Waals surface area contributed by atoms with E-state index in [-0.39, 0.29) is 22.7 Å². The molecule has 2 N–H and O–H groups in total. The highest BCUT2D eigenvalue weighted by Gasteiger charge is 2.24. The Morgan fingerprint density at radius 3 is 2.67 bits per heavy atom. The zero-order valence-electron chi connectivity index (χ0n) is 19.0. The maximum atomic E-state index is 13.3. The molecule has 8 nitrogen and oxygen atoms in total. The van der Waals surface area contributed by atoms with E-state index in [0.717, 1.165) is 37.1 Å². The predicted molar refractivity (Wildman–Crippen MR) is 127 cm³/mol. The zero-order valence-corrected chi connectivity index (χ0v) is 19.0. The molecule has 4 rings (SSSR count). The normalized spacial score (nSPS) is 15.3. The second-order valence-electron chi connectivity index (χ2n) is 8.78. The Morgan fingerprint density at radius 2 is 2.00 bits per heavy atom. The first-order chi connectivity index (χ1) is 15.8. The number of nitrogens with one attached hydrogen (secondary N) is 1. The second kappa shape index (κ2) is 8.94. The molecule has 3 aromatic rings. The molecule has 1 aliphatic rings. The molecular formula is C25H27N5O3. The lowest BCUT2D eigenvalue weighted by Crippen LogP contribution is -2.36. The van der Waals surface area contributed by atoms with Gasteiger partial charge in [-0.2, -0.15) is 5.26 Å². The van der Waals surface area contributed by atoms with Crippen LogP contribution in [0.4, 0.5) is 11.5 Å². The average molecular weight is 446 g/mol. The lowest BCUT2D eigenvalue weighted by molar-refractivity contribution is 0.0698. The van der Waals surface area contributed by atoms with Crippen molar-refractivity contribution in [2.75, 3.05) is 23.3 Å². The van der Waals surface area contributed by atoms with Crippen molar-refractivity contribution in [3.63, 3.8) is 0 Å². The van der Waals surface area contributed by atoms with E-state index >= 15 is 0 Å². The number of carboxylic acid groups (broad SMARTS) is 1. The molecular weight excluding hydrogens is 418 g/mol. The number of fused-ring (bicyclic) bond motifs is 1. The number of anilines is 2. The van der Waals surface area contributed by atoms with Gasteiger partial charge < -0.3 is 15.3 Å². The number of carboxylic acids is 1. The van der Waals surface area contributed by atoms with Crippen LogP contribution in [0.1, 0.15) is 59.8 Å². The molecule has 170 valence electrons. The number of hydrogen-bond donors (Lipinski definition) is 2. The molecule has 0 saturated carbocycles. The molecule has 0 aliphatic carbocycles. The third-order valence-electron chi connectivity index (χ3n) is 6.26. The number of pyridine rings is 1. The summed E-state index contributed by atoms with van der Waals surface area (Å²) in [5.74, 6) is 0.0109. The summed E-state index contributed by atoms with van der Waals surface area (Å²) in [6.45, 7) is 7.48. The first-order valence-corrected chi connectivity index (χ1v) is 11.1. The molecule has 0 amide bonds. The summed E-state index contributed by atoms with van der Waals surface area (Å²) in [6.07, 6.45) is 3.65. The molecule has 0 spiro atoms. The Labute approximate surface area is 192 Å². The maximum Gasteiger partial charge on any atom is 0.337 e. The van der Waals surface area contributed by atoms with Crippen LogP contribution in [0.5, 0.6) is 0 Å². The molecule has 1 atom stereocenters. The molecule has 8 heteroatoms. The van der Waals surface area contributed by atoms with Gasteiger partial charge in [-0.05, 0) is 56.4 Å². The van der Waals surface area contributed by atoms with Crippen molar-refractivity contribution in [1.82, 2.24) is 9.38 Å². The standard InChI is InChI=1S/C25H27N5O3/c1-15-8-10-29(11-9-15)22-20(13-26)24(31)30-14-16(2)12-19(23(30)28-22)17(3)27-21-7-5-4-6-18(21)25(32)33/h4-7,12,14-15,17,27H,8-11H2,1-3H3,(H,32,33)/t17-/m1/s1. The predicted octanol–water partition coefficient (Wildman–Crippen LogP) is 3.98. The maximum absolute atomic E-state index is 13.3. The molecule has 33 heavy (non-hydrogen) atoms. The highest BCUT2D eigenvalue weighted by Crippen LogP contribution is 2.28. The van der Waals surface area contributed by atoms with E-state index in [0.29, 0.717) is 23.1 Å². The number of piperidine rings is 1. The van der Waals surface area contributed by atoms with Gasteiger partial charge in [0.25, 0.3) is 5.56 Å². The number of benzene rings is 1. The van der Waals surface area contributed by atoms with Crippen LogP contribution >= 0.6 is 0 Å². The largest absolute Gasteiger partial charge is 0.478 e. The van der Waals surface area contributed by atoms with Gasteiger partial charge in [0, 0.05) is 30.5 Å². The van der Waals surface area contributed by atoms with Gasteiger partial charge in [-0.1, -0.05) is 19.1 Å². The Bertz CT molecular complexity index is 1320. The first-order valence-electron chi connectivity index (χ1n) is 11.1. The van der Waals surface area contributed by atoms with E-state index in [9.17, 15) is 20.0 Å². The number of nitrogens with zero attached hydrogens (tertiary/aromatic N) is 4. The zero-order chi connectivity index (χ0) is 23.7. The van der Waals surface area contributed by atoms with Crippen molar-refractivity contribution in [2.45, 2.75) is 39.7 Å². The molecule has 0 bridgehead atoms. The van der Waals surface area contributed by atoms with Gasteiger partial charge >= 0.3 is 5.97 Å². The lowest BCUT2D eigenvalue weighted by atomic mass is 9.99. The van der Waals surface area contributed by atoms with E-state index in [2.05, 4.69) is 18.3 Å². The summed E-state index contributed by atoms with van der Waals surface area (Å²) >= 11 is 0. The van der Waals surface area contributed by atoms with Gasteiger partial charge in [0.05, 0.1) is 11.6 Å². The van der Waals surface area contributed by atoms with Crippen molar-refractivity contribution in [1.29, 1.82) is 5.26 Å². The molecule has 0 unspecified atom stereocenters. The van der Waals surface area contributed by atoms with Crippen LogP contribution in [0.15, 0.2) is 41.3 Å². The van der Waals surface area contributed by atoms with Crippen molar-refractivity contribution < 1.29 is 9.90 Å². The van der Waals surface area contributed by atoms with Crippen LogP contribution < -0.4 is 15.8 Å². The second-order valence-corrected chi connectivity index (χ2v) is 8.78. The fraction of sp³-hybridized carbons (Fsp3) is 0.360. The highest BCUT2D eigenvalue weighted by molar-refractivity contribution is 5.94. The molecule has 0 radical (unpaired) electrons. The third-order valence-corrected chi connectivity index (χ3v) is 6.26. The van der Waals surface area contributed by atoms with E-state index in [1.165, 1.54) is 4.40 Å². The summed E-state index contributed by atoms with van der Waals surface area (Å²) < 4.78 is 1.43. The molecule has 2 aromatic heterocycles. The quantitative estimate of drug-likeness (QED) is 0.611. The van der Waals surface area contributed by atoms with Crippen molar-refractivity contribution in [3.8, 4) is 6.07 Å². The minimum absolute atomic E-state index is 0.0513. The van der Waals surface area contributed by atoms with Gasteiger partial charge in [-0.3, -0.25) is 9.20 Å². The van der Waals surface area contributed by atoms with Gasteiger partial charge in [0.2, 0.25) is 0 Å². The van der Waals surface area contributed by atoms with Crippen LogP contribution in [0.25, 0.3) is 5.65 Å². The van der Waals surface area contributed by atoms with Crippen LogP contribution in [0, 0.1) is 24.2 Å². The minimum Gasteiger partial charge on any atom is -0.478 e. The van der Waals surface area contributed by atoms with E-state index < -0.39 is 5.97 Å². The van der Waals surface area contributed by atoms with Gasteiger partial charge in [-0.25, -0.2) is 9.78 Å². The molecule has 1 aliphatic heterocycles. The first kappa shape index (κ1) is 22.3. The van der Waals surface area contributed by atoms with Gasteiger partial charge in [0.1, 0.15) is 11.7 Å². The summed E-state index contributed by atoms with van der Waals surface area (Å²) in [4.78, 5) is 31.8. The van der Waals surface area contributed by atoms with Crippen LogP contribution in [-0.4, -0.2) is 33.6 Å². The Morgan fingerprint density at radius 1 is 1.30 bits per heavy atom. The lowest BCUT2D eigenvalue weighted by Gasteiger charge is -2.32. The number of aromatic carboxylic acids is 1. The fourth-order valence-electron chi connectivity index (χ4n) is 4.37. The van der Waals surface area contributed by atoms with Crippen molar-refractivity contribution >= 4 is 23.1 Å². The van der Waals surface area contributed by atoms with Crippen LogP contribution in [0.3, 0.4) is 0 Å². The number of hydrogen-bond acceptors (Lipinski definition) is 6.